The Kier molecular flexibility index (Phi) is 193. The molecule has 0 aromatic heterocycles. The van der Waals surface area contributed by atoms with Crippen LogP contribution in [0.25, 0.3) is 0 Å². The predicted molar refractivity (Wildman–Crippen MR) is 52.4 cm³/mol. The lowest BCUT2D eigenvalue weighted by atomic mass is 27.8. The molecule has 0 saturated carbocycles. The van der Waals surface area contributed by atoms with E-state index in [0.29, 0.717) is 0 Å². The van der Waals surface area contributed by atoms with Gasteiger partial charge in [-0.05, 0) is 0 Å². The van der Waals surface area contributed by atoms with Gasteiger partial charge in [0.1, 0.15) is 0 Å². The van der Waals surface area contributed by atoms with Gasteiger partial charge in [-0.2, -0.15) is 0 Å². The first kappa shape index (κ1) is 36.2. The first-order valence-electron chi connectivity index (χ1n) is 1.13. The van der Waals surface area contributed by atoms with Gasteiger partial charge in [-0.1, -0.05) is 0 Å². The van der Waals surface area contributed by atoms with Gasteiger partial charge >= 0.3 is 0 Å². The molecule has 78 valence electrons. The van der Waals surface area contributed by atoms with Gasteiger partial charge < -0.3 is 37.2 Å². The highest BCUT2D eigenvalue weighted by atomic mass is 35.7. The van der Waals surface area contributed by atoms with E-state index >= 15 is 0 Å². The summed E-state index contributed by atoms with van der Waals surface area (Å²) in [6, 6.07) is 0. The van der Waals surface area contributed by atoms with Crippen molar-refractivity contribution in [2.24, 2.45) is 0 Å². The molecule has 12 heteroatoms. The zero-order valence-electron chi connectivity index (χ0n) is 4.90. The molecule has 0 bridgehead atoms. The van der Waals surface area contributed by atoms with E-state index in [0.717, 1.165) is 0 Å². The van der Waals surface area contributed by atoms with Crippen molar-refractivity contribution in [2.45, 2.75) is 0 Å². The zero-order valence-corrected chi connectivity index (χ0v) is 14.7. The third kappa shape index (κ3) is 187. The van der Waals surface area contributed by atoms with E-state index in [-0.39, 0.29) is 61.6 Å². The number of rotatable bonds is 0. The maximum atomic E-state index is 4.79. The Morgan fingerprint density at radius 2 is 0.417 bits per heavy atom. The SMILES string of the molecule is Cl[Si]Cl.Cl[Si]Cl.Cl[Si]Cl.[Cl-].[Cl-].[Cl-]. The van der Waals surface area contributed by atoms with Gasteiger partial charge in [0, 0.05) is 0 Å². The summed E-state index contributed by atoms with van der Waals surface area (Å²) >= 11 is 28.7. The summed E-state index contributed by atoms with van der Waals surface area (Å²) in [4.78, 5) is 0. The van der Waals surface area contributed by atoms with Gasteiger partial charge in [0.15, 0.2) is 0 Å². The minimum absolute atomic E-state index is 0. The second-order valence-corrected chi connectivity index (χ2v) is 5.79. The molecule has 0 aromatic carbocycles. The maximum Gasteiger partial charge on any atom is 0.295 e. The highest BCUT2D eigenvalue weighted by Crippen LogP contribution is 1.67. The van der Waals surface area contributed by atoms with Crippen molar-refractivity contribution in [3.05, 3.63) is 0 Å². The minimum atomic E-state index is 0. The molecule has 0 spiro atoms. The quantitative estimate of drug-likeness (QED) is 0.279. The maximum absolute atomic E-state index is 4.79. The van der Waals surface area contributed by atoms with Gasteiger partial charge in [0.25, 0.3) is 24.4 Å². The predicted octanol–water partition coefficient (Wildman–Crippen LogP) is -5.99. The van der Waals surface area contributed by atoms with Crippen LogP contribution >= 0.6 is 66.5 Å². The van der Waals surface area contributed by atoms with E-state index in [9.17, 15) is 0 Å². The Morgan fingerprint density at radius 1 is 0.417 bits per heavy atom. The Bertz CT molecular complexity index is 14.5. The average Bonchev–Trinajstić information content (AvgIpc) is 1.70. The van der Waals surface area contributed by atoms with E-state index in [1.807, 2.05) is 0 Å². The van der Waals surface area contributed by atoms with Gasteiger partial charge in [0.05, 0.1) is 0 Å². The first-order chi connectivity index (χ1) is 4.24. The van der Waals surface area contributed by atoms with Crippen LogP contribution in [0.5, 0.6) is 0 Å². The molecule has 0 nitrogen and oxygen atoms in total. The van der Waals surface area contributed by atoms with Crippen molar-refractivity contribution in [3.8, 4) is 0 Å². The van der Waals surface area contributed by atoms with Crippen molar-refractivity contribution in [1.82, 2.24) is 0 Å². The summed E-state index contributed by atoms with van der Waals surface area (Å²) in [6.07, 6.45) is 0. The van der Waals surface area contributed by atoms with Gasteiger partial charge in [-0.3, -0.25) is 0 Å². The second kappa shape index (κ2) is 64.0. The van der Waals surface area contributed by atoms with Crippen molar-refractivity contribution < 1.29 is 37.2 Å². The van der Waals surface area contributed by atoms with Crippen LogP contribution in [0.2, 0.25) is 0 Å². The summed E-state index contributed by atoms with van der Waals surface area (Å²) in [5, 5.41) is 0. The number of hydrogen-bond acceptors (Lipinski definition) is 0. The van der Waals surface area contributed by atoms with Gasteiger partial charge in [-0.15, -0.1) is 66.5 Å². The van der Waals surface area contributed by atoms with Crippen molar-refractivity contribution >= 4 is 90.9 Å². The molecule has 0 unspecified atom stereocenters. The molecule has 0 atom stereocenters. The standard InChI is InChI=1S/3Cl2Si.3ClH/c3*1-3-2;;;/h;;;3*1H/p-3. The number of hydrogen-bond donors (Lipinski definition) is 0. The molecule has 0 aliphatic heterocycles. The van der Waals surface area contributed by atoms with E-state index < -0.39 is 0 Å². The van der Waals surface area contributed by atoms with Gasteiger partial charge in [-0.25, -0.2) is 0 Å². The fourth-order valence-electron chi connectivity index (χ4n) is 0. The largest absolute Gasteiger partial charge is 1.00 e. The van der Waals surface area contributed by atoms with Crippen LogP contribution in [0.15, 0.2) is 0 Å². The topological polar surface area (TPSA) is 0 Å². The van der Waals surface area contributed by atoms with Crippen molar-refractivity contribution in [1.29, 1.82) is 0 Å². The summed E-state index contributed by atoms with van der Waals surface area (Å²) < 4.78 is 0. The first-order valence-corrected chi connectivity index (χ1v) is 10.2. The van der Waals surface area contributed by atoms with E-state index in [2.05, 4.69) is 0 Å². The summed E-state index contributed by atoms with van der Waals surface area (Å²) in [5.74, 6) is 0. The van der Waals surface area contributed by atoms with Crippen LogP contribution in [0.3, 0.4) is 0 Å². The lowest BCUT2D eigenvalue weighted by Crippen LogP contribution is -3.00. The molecule has 0 heterocycles. The molecule has 0 rings (SSSR count). The van der Waals surface area contributed by atoms with Crippen LogP contribution in [-0.4, -0.2) is 24.4 Å². The molecular weight excluding hydrogens is 403 g/mol. The molecule has 0 aliphatic rings. The minimum Gasteiger partial charge on any atom is -1.00 e. The van der Waals surface area contributed by atoms with Crippen LogP contribution in [0.4, 0.5) is 0 Å². The Labute approximate surface area is 127 Å². The molecule has 0 saturated heterocycles. The highest BCUT2D eigenvalue weighted by Gasteiger charge is 1.51. The van der Waals surface area contributed by atoms with Crippen molar-refractivity contribution in [2.75, 3.05) is 0 Å². The fourth-order valence-corrected chi connectivity index (χ4v) is 0. The highest BCUT2D eigenvalue weighted by molar-refractivity contribution is 7.22. The van der Waals surface area contributed by atoms with Crippen molar-refractivity contribution in [3.63, 3.8) is 0 Å². The average molecular weight is 403 g/mol. The zero-order chi connectivity index (χ0) is 8.12. The van der Waals surface area contributed by atoms with Crippen LogP contribution in [0.1, 0.15) is 0 Å². The fraction of sp³-hybridized carbons (Fsp3) is 0. The van der Waals surface area contributed by atoms with Crippen LogP contribution < -0.4 is 37.2 Å². The molecule has 0 aliphatic carbocycles. The normalized spacial score (nSPS) is 4.50. The van der Waals surface area contributed by atoms with E-state index in [4.69, 9.17) is 66.5 Å². The Balaban J connectivity index is -0.00000001000. The Hall–Kier alpha value is 3.26. The molecular formula is Cl9Si3-3. The summed E-state index contributed by atoms with van der Waals surface area (Å²) in [7, 11) is 0.0833. The van der Waals surface area contributed by atoms with Crippen LogP contribution in [0, 0.1) is 0 Å². The van der Waals surface area contributed by atoms with E-state index in [1.165, 1.54) is 0 Å². The molecule has 0 amide bonds. The van der Waals surface area contributed by atoms with Crippen LogP contribution in [-0.2, 0) is 0 Å². The van der Waals surface area contributed by atoms with E-state index in [1.54, 1.807) is 0 Å². The molecule has 0 fully saturated rings. The third-order valence-electron chi connectivity index (χ3n) is 0. The second-order valence-electron chi connectivity index (χ2n) is 0.214. The third-order valence-corrected chi connectivity index (χ3v) is 0. The summed E-state index contributed by atoms with van der Waals surface area (Å²) in [5.41, 5.74) is 0. The lowest BCUT2D eigenvalue weighted by molar-refractivity contribution is -0.00100. The monoisotopic (exact) mass is 399 g/mol. The Morgan fingerprint density at radius 3 is 0.417 bits per heavy atom. The molecule has 0 N–H and O–H groups in total. The smallest absolute Gasteiger partial charge is 0.295 e. The molecule has 12 heavy (non-hydrogen) atoms. The molecule has 6 radical (unpaired) electrons. The summed E-state index contributed by atoms with van der Waals surface area (Å²) in [6.45, 7) is 0. The number of halogens is 9. The molecule has 0 aromatic rings. The lowest BCUT2D eigenvalue weighted by Gasteiger charge is -1.36. The van der Waals surface area contributed by atoms with Gasteiger partial charge in [0.2, 0.25) is 0 Å².